The number of aliphatic hydroxyl groups is 3. The molecule has 1 aliphatic rings. The van der Waals surface area contributed by atoms with Gasteiger partial charge in [-0.3, -0.25) is 14.1 Å². The van der Waals surface area contributed by atoms with Crippen molar-refractivity contribution in [1.82, 2.24) is 0 Å². The third-order valence-corrected chi connectivity index (χ3v) is 12.1. The summed E-state index contributed by atoms with van der Waals surface area (Å²) in [4.78, 5) is 25.4. The molecular formula is C47H88O12S. The van der Waals surface area contributed by atoms with Crippen molar-refractivity contribution < 1.29 is 56.8 Å². The van der Waals surface area contributed by atoms with Crippen LogP contribution in [-0.4, -0.2) is 96.0 Å². The summed E-state index contributed by atoms with van der Waals surface area (Å²) in [5.74, 6) is -1.97. The van der Waals surface area contributed by atoms with Crippen LogP contribution in [0, 0.1) is 0 Å². The summed E-state index contributed by atoms with van der Waals surface area (Å²) in [6.45, 7) is 3.78. The van der Waals surface area contributed by atoms with Crippen LogP contribution in [0.25, 0.3) is 0 Å². The van der Waals surface area contributed by atoms with Gasteiger partial charge in [0.2, 0.25) is 0 Å². The molecule has 1 fully saturated rings. The Kier molecular flexibility index (Phi) is 35.6. The van der Waals surface area contributed by atoms with E-state index in [0.717, 1.165) is 44.9 Å². The molecule has 0 aromatic heterocycles. The summed E-state index contributed by atoms with van der Waals surface area (Å²) in [5, 5.41) is 30.9. The molecule has 12 nitrogen and oxygen atoms in total. The lowest BCUT2D eigenvalue weighted by molar-refractivity contribution is -0.297. The van der Waals surface area contributed by atoms with Crippen molar-refractivity contribution in [2.75, 3.05) is 19.0 Å². The fraction of sp³-hybridized carbons (Fsp3) is 0.915. The van der Waals surface area contributed by atoms with E-state index in [-0.39, 0.29) is 19.4 Å². The molecule has 0 spiro atoms. The van der Waals surface area contributed by atoms with Crippen molar-refractivity contribution in [2.45, 2.75) is 256 Å². The first kappa shape index (κ1) is 56.4. The molecule has 354 valence electrons. The monoisotopic (exact) mass is 877 g/mol. The average molecular weight is 877 g/mol. The molecule has 13 heteroatoms. The quantitative estimate of drug-likeness (QED) is 0.0197. The van der Waals surface area contributed by atoms with E-state index >= 15 is 0 Å². The zero-order valence-electron chi connectivity index (χ0n) is 37.8. The van der Waals surface area contributed by atoms with E-state index in [4.69, 9.17) is 18.9 Å². The lowest BCUT2D eigenvalue weighted by Crippen LogP contribution is -2.60. The van der Waals surface area contributed by atoms with Crippen LogP contribution in [-0.2, 0) is 38.7 Å². The zero-order valence-corrected chi connectivity index (χ0v) is 38.6. The van der Waals surface area contributed by atoms with Crippen LogP contribution in [0.5, 0.6) is 0 Å². The number of aliphatic hydroxyl groups excluding tert-OH is 3. The van der Waals surface area contributed by atoms with Crippen molar-refractivity contribution in [1.29, 1.82) is 0 Å². The van der Waals surface area contributed by atoms with E-state index in [9.17, 15) is 37.9 Å². The highest BCUT2D eigenvalue weighted by Gasteiger charge is 2.46. The Bertz CT molecular complexity index is 1170. The Morgan fingerprint density at radius 1 is 0.550 bits per heavy atom. The summed E-state index contributed by atoms with van der Waals surface area (Å²) in [6, 6.07) is 0. The van der Waals surface area contributed by atoms with E-state index in [1.165, 1.54) is 135 Å². The van der Waals surface area contributed by atoms with E-state index < -0.39 is 71.2 Å². The molecule has 0 aromatic rings. The van der Waals surface area contributed by atoms with Crippen molar-refractivity contribution >= 4 is 22.1 Å². The van der Waals surface area contributed by atoms with Crippen LogP contribution in [0.15, 0.2) is 12.2 Å². The summed E-state index contributed by atoms with van der Waals surface area (Å²) in [7, 11) is -4.60. The number of carbonyl (C=O) groups is 2. The molecule has 6 atom stereocenters. The van der Waals surface area contributed by atoms with E-state index in [1.54, 1.807) is 0 Å². The van der Waals surface area contributed by atoms with Crippen LogP contribution < -0.4 is 0 Å². The standard InChI is InChI=1S/C47H88O12S/c1-3-5-7-9-11-13-15-17-19-20-22-23-25-27-29-31-33-35-42(48)56-37-40(38-57-47-46(52)45(51)44(50)41(59-47)39-60(53,54)55)58-43(49)36-34-32-30-28-26-24-21-18-16-14-12-10-8-6-4-2/h17,19,40-41,44-47,50-52H,3-16,18,20-39H2,1-2H3,(H,53,54,55)/b19-17+/t40-,41-,44-,45?,46?,47+/m1/s1. The van der Waals surface area contributed by atoms with Gasteiger partial charge in [0.15, 0.2) is 12.4 Å². The minimum atomic E-state index is -4.60. The number of unbranched alkanes of at least 4 members (excludes halogenated alkanes) is 27. The largest absolute Gasteiger partial charge is 0.462 e. The van der Waals surface area contributed by atoms with Gasteiger partial charge in [-0.2, -0.15) is 8.42 Å². The number of allylic oxidation sites excluding steroid dienone is 2. The van der Waals surface area contributed by atoms with E-state index in [0.29, 0.717) is 12.8 Å². The molecular weight excluding hydrogens is 789 g/mol. The third-order valence-electron chi connectivity index (χ3n) is 11.3. The molecule has 0 aromatic carbocycles. The van der Waals surface area contributed by atoms with Gasteiger partial charge in [0, 0.05) is 12.8 Å². The zero-order chi connectivity index (χ0) is 44.1. The van der Waals surface area contributed by atoms with Gasteiger partial charge in [0.25, 0.3) is 10.1 Å². The molecule has 0 aliphatic carbocycles. The van der Waals surface area contributed by atoms with Gasteiger partial charge in [-0.1, -0.05) is 180 Å². The molecule has 0 amide bonds. The molecule has 1 rings (SSSR count). The van der Waals surface area contributed by atoms with Crippen LogP contribution in [0.3, 0.4) is 0 Å². The second-order valence-electron chi connectivity index (χ2n) is 17.1. The van der Waals surface area contributed by atoms with E-state index in [1.807, 2.05) is 0 Å². The number of hydrogen-bond acceptors (Lipinski definition) is 11. The lowest BCUT2D eigenvalue weighted by Gasteiger charge is -2.40. The molecule has 0 saturated carbocycles. The molecule has 60 heavy (non-hydrogen) atoms. The van der Waals surface area contributed by atoms with Gasteiger partial charge in [0.1, 0.15) is 36.8 Å². The Labute approximate surface area is 365 Å². The topological polar surface area (TPSA) is 186 Å². The number of esters is 2. The summed E-state index contributed by atoms with van der Waals surface area (Å²) in [6.07, 6.45) is 31.1. The van der Waals surface area contributed by atoms with Crippen LogP contribution in [0.4, 0.5) is 0 Å². The average Bonchev–Trinajstić information content (AvgIpc) is 3.21. The van der Waals surface area contributed by atoms with Gasteiger partial charge in [-0.05, 0) is 38.5 Å². The van der Waals surface area contributed by atoms with Gasteiger partial charge >= 0.3 is 11.9 Å². The SMILES string of the molecule is CCCCCCCC/C=C/CCCCCCCCCC(=O)OC[C@H](CO[C@H]1O[C@H](CS(=O)(=O)O)[C@@H](O)C(O)C1O)OC(=O)CCCCCCCCCCCCCCCCC. The van der Waals surface area contributed by atoms with Crippen molar-refractivity contribution in [3.05, 3.63) is 12.2 Å². The predicted octanol–water partition coefficient (Wildman–Crippen LogP) is 10.2. The van der Waals surface area contributed by atoms with Gasteiger partial charge < -0.3 is 34.3 Å². The highest BCUT2D eigenvalue weighted by atomic mass is 32.2. The Balaban J connectivity index is 2.40. The maximum absolute atomic E-state index is 12.8. The molecule has 1 heterocycles. The van der Waals surface area contributed by atoms with E-state index in [2.05, 4.69) is 26.0 Å². The Hall–Kier alpha value is -1.61. The highest BCUT2D eigenvalue weighted by molar-refractivity contribution is 7.85. The number of ether oxygens (including phenoxy) is 4. The number of hydrogen-bond donors (Lipinski definition) is 4. The minimum Gasteiger partial charge on any atom is -0.462 e. The first-order chi connectivity index (χ1) is 29.0. The maximum Gasteiger partial charge on any atom is 0.306 e. The first-order valence-electron chi connectivity index (χ1n) is 24.2. The van der Waals surface area contributed by atoms with Crippen molar-refractivity contribution in [2.24, 2.45) is 0 Å². The summed E-state index contributed by atoms with van der Waals surface area (Å²) in [5.41, 5.74) is 0. The third kappa shape index (κ3) is 32.1. The Morgan fingerprint density at radius 2 is 0.950 bits per heavy atom. The van der Waals surface area contributed by atoms with Crippen LogP contribution in [0.1, 0.15) is 219 Å². The number of rotatable bonds is 41. The van der Waals surface area contributed by atoms with Gasteiger partial charge in [-0.25, -0.2) is 0 Å². The summed E-state index contributed by atoms with van der Waals surface area (Å²) < 4.78 is 54.1. The summed E-state index contributed by atoms with van der Waals surface area (Å²) >= 11 is 0. The smallest absolute Gasteiger partial charge is 0.306 e. The second-order valence-corrected chi connectivity index (χ2v) is 18.6. The fourth-order valence-electron chi connectivity index (χ4n) is 7.56. The maximum atomic E-state index is 12.8. The van der Waals surface area contributed by atoms with Crippen molar-refractivity contribution in [3.8, 4) is 0 Å². The minimum absolute atomic E-state index is 0.169. The first-order valence-corrected chi connectivity index (χ1v) is 25.9. The second kappa shape index (κ2) is 37.9. The van der Waals surface area contributed by atoms with Gasteiger partial charge in [0.05, 0.1) is 6.61 Å². The van der Waals surface area contributed by atoms with Crippen LogP contribution in [0.2, 0.25) is 0 Å². The van der Waals surface area contributed by atoms with Crippen molar-refractivity contribution in [3.63, 3.8) is 0 Å². The fourth-order valence-corrected chi connectivity index (χ4v) is 8.25. The molecule has 0 radical (unpaired) electrons. The highest BCUT2D eigenvalue weighted by Crippen LogP contribution is 2.24. The molecule has 1 saturated heterocycles. The molecule has 0 bridgehead atoms. The van der Waals surface area contributed by atoms with Gasteiger partial charge in [-0.15, -0.1) is 0 Å². The normalized spacial score (nSPS) is 20.1. The molecule has 4 N–H and O–H groups in total. The van der Waals surface area contributed by atoms with Crippen LogP contribution >= 0.6 is 0 Å². The predicted molar refractivity (Wildman–Crippen MR) is 238 cm³/mol. The lowest BCUT2D eigenvalue weighted by atomic mass is 10.00. The Morgan fingerprint density at radius 3 is 1.38 bits per heavy atom. The number of carbonyl (C=O) groups excluding carboxylic acids is 2. The molecule has 2 unspecified atom stereocenters. The molecule has 1 aliphatic heterocycles.